The number of fused-ring (bicyclic) bond motifs is 3. The van der Waals surface area contributed by atoms with E-state index in [0.717, 1.165) is 35.5 Å². The van der Waals surface area contributed by atoms with Gasteiger partial charge >= 0.3 is 0 Å². The zero-order valence-corrected chi connectivity index (χ0v) is 30.7. The molecule has 1 atom stereocenters. The van der Waals surface area contributed by atoms with Gasteiger partial charge in [0.1, 0.15) is 0 Å². The first-order chi connectivity index (χ1) is 23.8. The van der Waals surface area contributed by atoms with Gasteiger partial charge in [0, 0.05) is 11.3 Å². The predicted octanol–water partition coefficient (Wildman–Crippen LogP) is 13.1. The zero-order valence-electron chi connectivity index (χ0n) is 30.7. The van der Waals surface area contributed by atoms with Crippen molar-refractivity contribution in [2.45, 2.75) is 159 Å². The van der Waals surface area contributed by atoms with Crippen LogP contribution in [0.15, 0.2) is 59.2 Å². The van der Waals surface area contributed by atoms with E-state index < -0.39 is 0 Å². The summed E-state index contributed by atoms with van der Waals surface area (Å²) in [6.07, 6.45) is 31.9. The van der Waals surface area contributed by atoms with Crippen molar-refractivity contribution in [3.05, 3.63) is 81.4 Å². The van der Waals surface area contributed by atoms with Crippen molar-refractivity contribution in [3.8, 4) is 11.1 Å². The quantitative estimate of drug-likeness (QED) is 0.309. The van der Waals surface area contributed by atoms with Crippen molar-refractivity contribution in [2.75, 3.05) is 0 Å². The van der Waals surface area contributed by atoms with Gasteiger partial charge in [-0.25, -0.2) is 0 Å². The Morgan fingerprint density at radius 1 is 0.551 bits per heavy atom. The smallest absolute Gasteiger partial charge is 0.0196 e. The summed E-state index contributed by atoms with van der Waals surface area (Å²) in [6, 6.07) is 16.5. The third-order valence-electron chi connectivity index (χ3n) is 18.4. The molecule has 12 aliphatic rings. The molecule has 0 aromatic heterocycles. The minimum Gasteiger partial charge on any atom is -0.0623 e. The Morgan fingerprint density at radius 2 is 1.02 bits per heavy atom. The molecule has 0 amide bonds. The molecule has 9 fully saturated rings. The van der Waals surface area contributed by atoms with E-state index in [1.165, 1.54) is 128 Å². The van der Waals surface area contributed by atoms with Crippen LogP contribution < -0.4 is 0 Å². The molecule has 12 aliphatic carbocycles. The van der Waals surface area contributed by atoms with Gasteiger partial charge in [-0.2, -0.15) is 0 Å². The Bertz CT molecular complexity index is 1660. The SMILES string of the molecule is CC1(C2=CC3=C(CCC3(C)C3c4ccc(C56CC7CC(CC(C7)C5)C6)cc4-c4cc(C56CC7CC(CC(C7)C5)C6)ccc43)C2)CCCCC1. The van der Waals surface area contributed by atoms with Crippen LogP contribution in [-0.4, -0.2) is 0 Å². The predicted molar refractivity (Wildman–Crippen MR) is 202 cm³/mol. The van der Waals surface area contributed by atoms with Crippen LogP contribution in [0, 0.1) is 46.3 Å². The molecule has 0 radical (unpaired) electrons. The first-order valence-corrected chi connectivity index (χ1v) is 21.5. The molecular weight excluding hydrogens is 589 g/mol. The summed E-state index contributed by atoms with van der Waals surface area (Å²) in [7, 11) is 0. The molecule has 256 valence electrons. The summed E-state index contributed by atoms with van der Waals surface area (Å²) in [5, 5.41) is 0. The molecule has 1 unspecified atom stereocenters. The fourth-order valence-electron chi connectivity index (χ4n) is 16.9. The van der Waals surface area contributed by atoms with Crippen molar-refractivity contribution in [1.82, 2.24) is 0 Å². The van der Waals surface area contributed by atoms with Crippen LogP contribution >= 0.6 is 0 Å². The van der Waals surface area contributed by atoms with Gasteiger partial charge in [0.05, 0.1) is 0 Å². The summed E-state index contributed by atoms with van der Waals surface area (Å²) in [6.45, 7) is 5.33. The lowest BCUT2D eigenvalue weighted by atomic mass is 9.48. The van der Waals surface area contributed by atoms with Crippen LogP contribution in [0.25, 0.3) is 11.1 Å². The van der Waals surface area contributed by atoms with Gasteiger partial charge in [-0.3, -0.25) is 0 Å². The molecule has 0 saturated heterocycles. The van der Waals surface area contributed by atoms with Crippen LogP contribution in [0.2, 0.25) is 0 Å². The van der Waals surface area contributed by atoms with E-state index in [-0.39, 0.29) is 5.41 Å². The molecule has 0 heteroatoms. The molecule has 2 aromatic rings. The fourth-order valence-corrected chi connectivity index (χ4v) is 16.9. The van der Waals surface area contributed by atoms with Gasteiger partial charge in [-0.05, 0) is 200 Å². The maximum absolute atomic E-state index is 2.83. The molecule has 9 saturated carbocycles. The molecule has 49 heavy (non-hydrogen) atoms. The van der Waals surface area contributed by atoms with Crippen LogP contribution in [0.1, 0.15) is 170 Å². The summed E-state index contributed by atoms with van der Waals surface area (Å²) >= 11 is 0. The number of rotatable bonds is 4. The minimum atomic E-state index is 0.201. The normalized spacial score (nSPS) is 44.8. The van der Waals surface area contributed by atoms with Crippen LogP contribution in [0.5, 0.6) is 0 Å². The minimum absolute atomic E-state index is 0.201. The van der Waals surface area contributed by atoms with E-state index in [9.17, 15) is 0 Å². The number of benzene rings is 2. The highest BCUT2D eigenvalue weighted by Gasteiger charge is 2.55. The molecule has 0 nitrogen and oxygen atoms in total. The van der Waals surface area contributed by atoms with Crippen molar-refractivity contribution in [1.29, 1.82) is 0 Å². The van der Waals surface area contributed by atoms with Gasteiger partial charge in [0.2, 0.25) is 0 Å². The van der Waals surface area contributed by atoms with Gasteiger partial charge in [0.25, 0.3) is 0 Å². The van der Waals surface area contributed by atoms with Gasteiger partial charge in [-0.1, -0.05) is 86.7 Å². The van der Waals surface area contributed by atoms with E-state index in [2.05, 4.69) is 56.3 Å². The lowest BCUT2D eigenvalue weighted by molar-refractivity contribution is -0.00534. The summed E-state index contributed by atoms with van der Waals surface area (Å²) in [5.41, 5.74) is 17.1. The van der Waals surface area contributed by atoms with Crippen LogP contribution in [0.3, 0.4) is 0 Å². The molecule has 0 heterocycles. The van der Waals surface area contributed by atoms with Crippen molar-refractivity contribution in [3.63, 3.8) is 0 Å². The summed E-state index contributed by atoms with van der Waals surface area (Å²) < 4.78 is 0. The van der Waals surface area contributed by atoms with E-state index >= 15 is 0 Å². The Balaban J connectivity index is 0.991. The Labute approximate surface area is 297 Å². The maximum atomic E-state index is 2.83. The largest absolute Gasteiger partial charge is 0.0623 e. The maximum Gasteiger partial charge on any atom is 0.0196 e. The monoisotopic (exact) mass is 648 g/mol. The first kappa shape index (κ1) is 29.5. The van der Waals surface area contributed by atoms with E-state index in [1.807, 2.05) is 5.57 Å². The second-order valence-corrected chi connectivity index (χ2v) is 21.3. The molecule has 0 spiro atoms. The average molecular weight is 649 g/mol. The van der Waals surface area contributed by atoms with E-state index in [0.29, 0.717) is 22.2 Å². The molecule has 8 bridgehead atoms. The highest BCUT2D eigenvalue weighted by molar-refractivity contribution is 5.82. The lowest BCUT2D eigenvalue weighted by Gasteiger charge is -2.57. The third kappa shape index (κ3) is 4.05. The van der Waals surface area contributed by atoms with Gasteiger partial charge < -0.3 is 0 Å². The average Bonchev–Trinajstić information content (AvgIpc) is 3.75. The molecule has 2 aromatic carbocycles. The Hall–Kier alpha value is -2.08. The van der Waals surface area contributed by atoms with E-state index in [1.54, 1.807) is 44.5 Å². The fraction of sp³-hybridized carbons (Fsp3) is 0.673. The van der Waals surface area contributed by atoms with Crippen molar-refractivity contribution >= 4 is 0 Å². The summed E-state index contributed by atoms with van der Waals surface area (Å²) in [4.78, 5) is 0. The number of hydrogen-bond acceptors (Lipinski definition) is 0. The lowest BCUT2D eigenvalue weighted by Crippen LogP contribution is -2.48. The molecular formula is C49H60. The summed E-state index contributed by atoms with van der Waals surface area (Å²) in [5.74, 6) is 6.49. The van der Waals surface area contributed by atoms with Gasteiger partial charge in [-0.15, -0.1) is 0 Å². The molecule has 0 aliphatic heterocycles. The van der Waals surface area contributed by atoms with Crippen molar-refractivity contribution in [2.24, 2.45) is 46.3 Å². The number of hydrogen-bond donors (Lipinski definition) is 0. The first-order valence-electron chi connectivity index (χ1n) is 21.5. The Kier molecular flexibility index (Phi) is 5.94. The number of allylic oxidation sites excluding steroid dienone is 4. The van der Waals surface area contributed by atoms with E-state index in [4.69, 9.17) is 0 Å². The van der Waals surface area contributed by atoms with Crippen molar-refractivity contribution < 1.29 is 0 Å². The Morgan fingerprint density at radius 3 is 1.49 bits per heavy atom. The topological polar surface area (TPSA) is 0 Å². The molecule has 0 N–H and O–H groups in total. The second kappa shape index (κ2) is 9.86. The zero-order chi connectivity index (χ0) is 32.3. The van der Waals surface area contributed by atoms with Crippen LogP contribution in [-0.2, 0) is 10.8 Å². The van der Waals surface area contributed by atoms with Gasteiger partial charge in [0.15, 0.2) is 0 Å². The second-order valence-electron chi connectivity index (χ2n) is 21.3. The highest BCUT2D eigenvalue weighted by atomic mass is 14.6. The third-order valence-corrected chi connectivity index (χ3v) is 18.4. The molecule has 14 rings (SSSR count). The highest BCUT2D eigenvalue weighted by Crippen LogP contribution is 2.67. The van der Waals surface area contributed by atoms with Crippen LogP contribution in [0.4, 0.5) is 0 Å². The standard InChI is InChI=1S/C49H60/c1-46(11-4-3-5-12-46)39-20-36-10-13-47(2,44(36)23-39)45-40-8-6-37(48-24-30-14-31(25-48)16-32(15-30)26-48)21-42(40)43-22-38(7-9-41(43)45)49-27-33-17-34(28-49)19-35(18-33)29-49/h6-9,21-23,30-35,45H,3-5,10-20,24-29H2,1-2H3.